The fraction of sp³-hybridized carbons (Fsp3) is 0.143. The Morgan fingerprint density at radius 3 is 2.00 bits per heavy atom. The van der Waals surface area contributed by atoms with E-state index >= 15 is 0 Å². The summed E-state index contributed by atoms with van der Waals surface area (Å²) < 4.78 is 0. The summed E-state index contributed by atoms with van der Waals surface area (Å²) in [4.78, 5) is 22.3. The maximum Gasteiger partial charge on any atom is 1.00 e. The Hall–Kier alpha value is -0.840. The van der Waals surface area contributed by atoms with Crippen LogP contribution in [0.3, 0.4) is 0 Å². The molecule has 0 unspecified atom stereocenters. The van der Waals surface area contributed by atoms with Gasteiger partial charge in [0.1, 0.15) is 5.41 Å². The van der Waals surface area contributed by atoms with E-state index in [1.165, 1.54) is 0 Å². The first-order valence-corrected chi connectivity index (χ1v) is 6.06. The van der Waals surface area contributed by atoms with Gasteiger partial charge in [0, 0.05) is 0 Å². The zero-order valence-electron chi connectivity index (χ0n) is 13.0. The van der Waals surface area contributed by atoms with Crippen LogP contribution < -0.4 is 69.3 Å². The van der Waals surface area contributed by atoms with Gasteiger partial charge in [-0.3, -0.25) is 0 Å². The monoisotopic (exact) mass is 348 g/mol. The van der Waals surface area contributed by atoms with Crippen molar-refractivity contribution in [1.82, 2.24) is 0 Å². The Balaban J connectivity index is 0.00000264. The van der Waals surface area contributed by atoms with Crippen molar-refractivity contribution in [1.29, 1.82) is 0 Å². The average Bonchev–Trinajstić information content (AvgIpc) is 2.46. The Labute approximate surface area is 181 Å². The molecule has 0 aromatic heterocycles. The molecule has 10 heteroatoms. The minimum atomic E-state index is -3.21. The summed E-state index contributed by atoms with van der Waals surface area (Å²) in [5.41, 5.74) is -2.95. The number of aliphatic hydroxyl groups is 2. The summed E-state index contributed by atoms with van der Waals surface area (Å²) in [6.07, 6.45) is 2.11. The molecule has 1 aromatic rings. The van der Waals surface area contributed by atoms with Gasteiger partial charge in [-0.05, 0) is 30.4 Å². The molecular formula is C14H10N2Na2O6. The van der Waals surface area contributed by atoms with E-state index < -0.39 is 23.1 Å². The average molecular weight is 348 g/mol. The van der Waals surface area contributed by atoms with Crippen molar-refractivity contribution in [2.75, 3.05) is 0 Å². The van der Waals surface area contributed by atoms with Crippen LogP contribution in [0.1, 0.15) is 0 Å². The van der Waals surface area contributed by atoms with E-state index in [0.29, 0.717) is 17.8 Å². The molecule has 24 heavy (non-hydrogen) atoms. The molecule has 0 aliphatic heterocycles. The summed E-state index contributed by atoms with van der Waals surface area (Å²) in [7, 11) is 0. The summed E-state index contributed by atoms with van der Waals surface area (Å²) in [5.74, 6) is -7.69. The van der Waals surface area contributed by atoms with Crippen LogP contribution in [0.4, 0.5) is 5.69 Å². The Morgan fingerprint density at radius 1 is 0.958 bits per heavy atom. The minimum absolute atomic E-state index is 0. The number of benzene rings is 1. The molecule has 8 nitrogen and oxygen atoms in total. The number of carboxylic acids is 2. The Morgan fingerprint density at radius 2 is 1.50 bits per heavy atom. The minimum Gasteiger partial charge on any atom is -0.549 e. The van der Waals surface area contributed by atoms with Gasteiger partial charge in [0.25, 0.3) is 0 Å². The fourth-order valence-corrected chi connectivity index (χ4v) is 1.88. The predicted octanol–water partition coefficient (Wildman–Crippen LogP) is -7.60. The van der Waals surface area contributed by atoms with Gasteiger partial charge in [-0.25, -0.2) is 0 Å². The van der Waals surface area contributed by atoms with Crippen LogP contribution in [-0.2, 0) is 9.59 Å². The zero-order valence-corrected chi connectivity index (χ0v) is 17.0. The first-order chi connectivity index (χ1) is 10.3. The molecule has 1 aliphatic rings. The second-order valence-corrected chi connectivity index (χ2v) is 4.55. The maximum atomic E-state index is 11.2. The number of hydrogen-bond donors (Lipinski definition) is 2. The molecular weight excluding hydrogens is 338 g/mol. The number of carbonyl (C=O) groups is 2. The van der Waals surface area contributed by atoms with Gasteiger partial charge in [-0.1, -0.05) is 18.2 Å². The standard InChI is InChI=1S/C14H12N2O6.2Na/c17-11(18)13(12(19)20)8-10(6-7-14(13,21)22)16-15-9-4-2-1-3-5-9;;/h1-8,21-22H,(H,17,18)(H,19,20);;/q;2*+1/p-2. The molecule has 0 spiro atoms. The van der Waals surface area contributed by atoms with E-state index in [1.807, 2.05) is 0 Å². The van der Waals surface area contributed by atoms with Gasteiger partial charge in [-0.15, -0.1) is 0 Å². The summed E-state index contributed by atoms with van der Waals surface area (Å²) in [6, 6.07) is 8.37. The van der Waals surface area contributed by atoms with Crippen LogP contribution in [0.2, 0.25) is 0 Å². The molecule has 0 atom stereocenters. The van der Waals surface area contributed by atoms with Gasteiger partial charge >= 0.3 is 59.1 Å². The molecule has 0 heterocycles. The quantitative estimate of drug-likeness (QED) is 0.239. The first-order valence-electron chi connectivity index (χ1n) is 6.06. The number of hydrogen-bond acceptors (Lipinski definition) is 8. The van der Waals surface area contributed by atoms with E-state index in [-0.39, 0.29) is 64.8 Å². The number of nitrogens with zero attached hydrogens (tertiary/aromatic N) is 2. The van der Waals surface area contributed by atoms with Gasteiger partial charge in [-0.2, -0.15) is 10.2 Å². The smallest absolute Gasteiger partial charge is 0.549 e. The van der Waals surface area contributed by atoms with Crippen molar-refractivity contribution >= 4 is 17.6 Å². The number of rotatable bonds is 4. The topological polar surface area (TPSA) is 145 Å². The van der Waals surface area contributed by atoms with Crippen molar-refractivity contribution in [3.05, 3.63) is 54.3 Å². The molecule has 1 aromatic carbocycles. The molecule has 0 amide bonds. The van der Waals surface area contributed by atoms with E-state index in [0.717, 1.165) is 6.08 Å². The molecule has 0 bridgehead atoms. The number of carboxylic acid groups (broad SMARTS) is 2. The Bertz CT molecular complexity index is 686. The van der Waals surface area contributed by atoms with Crippen molar-refractivity contribution in [2.24, 2.45) is 15.6 Å². The normalized spacial score (nSPS) is 17.3. The first kappa shape index (κ1) is 23.2. The van der Waals surface area contributed by atoms with Crippen LogP contribution >= 0.6 is 0 Å². The van der Waals surface area contributed by atoms with Crippen molar-refractivity contribution in [2.45, 2.75) is 5.79 Å². The summed E-state index contributed by atoms with van der Waals surface area (Å²) >= 11 is 0. The van der Waals surface area contributed by atoms with Gasteiger partial charge in [0.2, 0.25) is 5.79 Å². The molecule has 0 saturated carbocycles. The van der Waals surface area contributed by atoms with Crippen molar-refractivity contribution in [3.8, 4) is 0 Å². The van der Waals surface area contributed by atoms with E-state index in [1.54, 1.807) is 30.3 Å². The van der Waals surface area contributed by atoms with Gasteiger partial charge in [0.15, 0.2) is 0 Å². The molecule has 0 saturated heterocycles. The number of azo groups is 1. The van der Waals surface area contributed by atoms with E-state index in [9.17, 15) is 30.0 Å². The zero-order chi connectivity index (χ0) is 16.4. The molecule has 114 valence electrons. The molecule has 0 radical (unpaired) electrons. The SMILES string of the molecule is O=C([O-])C1(C(=O)[O-])C=C(N=Nc2ccccc2)C=CC1(O)O.[Na+].[Na+]. The van der Waals surface area contributed by atoms with Gasteiger partial charge < -0.3 is 30.0 Å². The number of carbonyl (C=O) groups excluding carboxylic acids is 2. The van der Waals surface area contributed by atoms with Crippen molar-refractivity contribution < 1.29 is 89.1 Å². The van der Waals surface area contributed by atoms with Crippen LogP contribution in [0.15, 0.2) is 64.5 Å². The maximum absolute atomic E-state index is 11.2. The number of aliphatic carboxylic acids is 2. The summed E-state index contributed by atoms with van der Waals surface area (Å²) in [5, 5.41) is 49.0. The van der Waals surface area contributed by atoms with Crippen LogP contribution in [-0.4, -0.2) is 27.9 Å². The van der Waals surface area contributed by atoms with E-state index in [2.05, 4.69) is 10.2 Å². The fourth-order valence-electron chi connectivity index (χ4n) is 1.88. The van der Waals surface area contributed by atoms with E-state index in [4.69, 9.17) is 0 Å². The third-order valence-electron chi connectivity index (χ3n) is 3.11. The summed E-state index contributed by atoms with van der Waals surface area (Å²) in [6.45, 7) is 0. The number of allylic oxidation sites excluding steroid dienone is 1. The second-order valence-electron chi connectivity index (χ2n) is 4.55. The Kier molecular flexibility index (Phi) is 8.71. The van der Waals surface area contributed by atoms with Crippen LogP contribution in [0.25, 0.3) is 0 Å². The third kappa shape index (κ3) is 4.41. The predicted molar refractivity (Wildman–Crippen MR) is 67.8 cm³/mol. The molecule has 1 aliphatic carbocycles. The van der Waals surface area contributed by atoms with Crippen LogP contribution in [0, 0.1) is 5.41 Å². The van der Waals surface area contributed by atoms with Gasteiger partial charge in [0.05, 0.1) is 23.3 Å². The van der Waals surface area contributed by atoms with Crippen molar-refractivity contribution in [3.63, 3.8) is 0 Å². The molecule has 2 N–H and O–H groups in total. The molecule has 2 rings (SSSR count). The van der Waals surface area contributed by atoms with Crippen LogP contribution in [0.5, 0.6) is 0 Å². The third-order valence-corrected chi connectivity index (χ3v) is 3.11. The molecule has 0 fully saturated rings. The second kappa shape index (κ2) is 9.02. The largest absolute Gasteiger partial charge is 1.00 e.